The number of rotatable bonds is 7. The third-order valence-electron chi connectivity index (χ3n) is 2.07. The number of ether oxygens (including phenoxy) is 1. The van der Waals surface area contributed by atoms with Crippen LogP contribution in [0.1, 0.15) is 24.8 Å². The Morgan fingerprint density at radius 3 is 2.60 bits per heavy atom. The first kappa shape index (κ1) is 12.1. The van der Waals surface area contributed by atoms with Crippen molar-refractivity contribution in [3.63, 3.8) is 0 Å². The first-order valence-corrected chi connectivity index (χ1v) is 5.60. The highest BCUT2D eigenvalue weighted by Crippen LogP contribution is 2.02. The van der Waals surface area contributed by atoms with Gasteiger partial charge in [0.05, 0.1) is 11.6 Å². The summed E-state index contributed by atoms with van der Waals surface area (Å²) < 4.78 is 5.52. The summed E-state index contributed by atoms with van der Waals surface area (Å²) in [6, 6.07) is 10.2. The van der Waals surface area contributed by atoms with Gasteiger partial charge in [0.25, 0.3) is 0 Å². The molecule has 3 heteroatoms. The first-order chi connectivity index (χ1) is 7.29. The molecule has 0 amide bonds. The van der Waals surface area contributed by atoms with Crippen LogP contribution < -0.4 is 5.73 Å². The first-order valence-electron chi connectivity index (χ1n) is 5.19. The maximum atomic E-state index is 5.52. The molecule has 1 rings (SSSR count). The van der Waals surface area contributed by atoms with Crippen LogP contribution in [0.5, 0.6) is 0 Å². The van der Waals surface area contributed by atoms with Gasteiger partial charge in [0, 0.05) is 6.61 Å². The van der Waals surface area contributed by atoms with E-state index in [0.717, 1.165) is 25.9 Å². The molecule has 2 N–H and O–H groups in total. The van der Waals surface area contributed by atoms with Gasteiger partial charge in [0.2, 0.25) is 0 Å². The summed E-state index contributed by atoms with van der Waals surface area (Å²) in [5, 5.41) is 0. The van der Waals surface area contributed by atoms with E-state index in [1.54, 1.807) is 0 Å². The molecule has 0 radical (unpaired) electrons. The zero-order chi connectivity index (χ0) is 10.9. The summed E-state index contributed by atoms with van der Waals surface area (Å²) in [5.41, 5.74) is 6.60. The Morgan fingerprint density at radius 2 is 1.93 bits per heavy atom. The molecule has 0 heterocycles. The molecule has 0 fully saturated rings. The second kappa shape index (κ2) is 7.37. The number of hydrogen-bond acceptors (Lipinski definition) is 2. The predicted octanol–water partition coefficient (Wildman–Crippen LogP) is 2.66. The van der Waals surface area contributed by atoms with E-state index in [9.17, 15) is 0 Å². The molecule has 0 unspecified atom stereocenters. The van der Waals surface area contributed by atoms with Crippen LogP contribution in [-0.4, -0.2) is 11.6 Å². The summed E-state index contributed by atoms with van der Waals surface area (Å²) in [4.78, 5) is 0.595. The van der Waals surface area contributed by atoms with Crippen LogP contribution in [0.4, 0.5) is 0 Å². The molecule has 0 aliphatic rings. The highest BCUT2D eigenvalue weighted by Gasteiger charge is 1.93. The maximum absolute atomic E-state index is 5.52. The van der Waals surface area contributed by atoms with Gasteiger partial charge < -0.3 is 10.5 Å². The van der Waals surface area contributed by atoms with Crippen molar-refractivity contribution in [3.8, 4) is 0 Å². The van der Waals surface area contributed by atoms with Crippen LogP contribution >= 0.6 is 12.2 Å². The minimum Gasteiger partial charge on any atom is -0.393 e. The second-order valence-electron chi connectivity index (χ2n) is 3.46. The number of thiocarbonyl (C=S) groups is 1. The van der Waals surface area contributed by atoms with Crippen molar-refractivity contribution >= 4 is 17.2 Å². The van der Waals surface area contributed by atoms with Gasteiger partial charge in [-0.1, -0.05) is 42.5 Å². The summed E-state index contributed by atoms with van der Waals surface area (Å²) in [6.07, 6.45) is 2.86. The number of nitrogens with two attached hydrogens (primary N) is 1. The SMILES string of the molecule is NC(=S)CCCCOCc1ccccc1. The van der Waals surface area contributed by atoms with E-state index in [4.69, 9.17) is 22.7 Å². The predicted molar refractivity (Wildman–Crippen MR) is 66.7 cm³/mol. The quantitative estimate of drug-likeness (QED) is 0.570. The number of hydrogen-bond donors (Lipinski definition) is 1. The largest absolute Gasteiger partial charge is 0.393 e. The van der Waals surface area contributed by atoms with E-state index in [2.05, 4.69) is 12.1 Å². The fraction of sp³-hybridized carbons (Fsp3) is 0.417. The lowest BCUT2D eigenvalue weighted by Crippen LogP contribution is -2.07. The summed E-state index contributed by atoms with van der Waals surface area (Å²) in [5.74, 6) is 0. The Labute approximate surface area is 96.4 Å². The monoisotopic (exact) mass is 223 g/mol. The molecule has 0 aromatic heterocycles. The Kier molecular flexibility index (Phi) is 5.97. The normalized spacial score (nSPS) is 10.1. The average Bonchev–Trinajstić information content (AvgIpc) is 2.24. The average molecular weight is 223 g/mol. The van der Waals surface area contributed by atoms with Crippen molar-refractivity contribution in [2.75, 3.05) is 6.61 Å². The van der Waals surface area contributed by atoms with Crippen molar-refractivity contribution in [1.82, 2.24) is 0 Å². The standard InChI is InChI=1S/C12H17NOS/c13-12(15)8-4-5-9-14-10-11-6-2-1-3-7-11/h1-3,6-7H,4-5,8-10H2,(H2,13,15). The molecule has 0 saturated carbocycles. The van der Waals surface area contributed by atoms with E-state index in [1.807, 2.05) is 18.2 Å². The second-order valence-corrected chi connectivity index (χ2v) is 3.99. The van der Waals surface area contributed by atoms with Gasteiger partial charge in [-0.3, -0.25) is 0 Å². The minimum absolute atomic E-state index is 0.595. The van der Waals surface area contributed by atoms with Gasteiger partial charge >= 0.3 is 0 Å². The summed E-state index contributed by atoms with van der Waals surface area (Å²) >= 11 is 4.79. The van der Waals surface area contributed by atoms with Crippen molar-refractivity contribution in [1.29, 1.82) is 0 Å². The number of benzene rings is 1. The van der Waals surface area contributed by atoms with Gasteiger partial charge in [0.1, 0.15) is 0 Å². The molecule has 1 aromatic rings. The van der Waals surface area contributed by atoms with Crippen molar-refractivity contribution < 1.29 is 4.74 Å². The third kappa shape index (κ3) is 6.20. The molecular formula is C12H17NOS. The molecule has 0 aliphatic carbocycles. The fourth-order valence-electron chi connectivity index (χ4n) is 1.27. The van der Waals surface area contributed by atoms with Gasteiger partial charge in [0.15, 0.2) is 0 Å². The topological polar surface area (TPSA) is 35.2 Å². The van der Waals surface area contributed by atoms with Crippen LogP contribution in [-0.2, 0) is 11.3 Å². The van der Waals surface area contributed by atoms with Crippen LogP contribution in [0.2, 0.25) is 0 Å². The van der Waals surface area contributed by atoms with E-state index >= 15 is 0 Å². The zero-order valence-corrected chi connectivity index (χ0v) is 9.63. The zero-order valence-electron chi connectivity index (χ0n) is 8.82. The Balaban J connectivity index is 2.00. The Bertz CT molecular complexity index is 287. The van der Waals surface area contributed by atoms with Crippen LogP contribution in [0.15, 0.2) is 30.3 Å². The lowest BCUT2D eigenvalue weighted by atomic mass is 10.2. The molecule has 0 aliphatic heterocycles. The Hall–Kier alpha value is -0.930. The van der Waals surface area contributed by atoms with E-state index in [-0.39, 0.29) is 0 Å². The number of unbranched alkanes of at least 4 members (excludes halogenated alkanes) is 1. The molecule has 0 atom stereocenters. The minimum atomic E-state index is 0.595. The fourth-order valence-corrected chi connectivity index (χ4v) is 1.41. The molecule has 2 nitrogen and oxygen atoms in total. The van der Waals surface area contributed by atoms with Crippen LogP contribution in [0.25, 0.3) is 0 Å². The molecule has 15 heavy (non-hydrogen) atoms. The lowest BCUT2D eigenvalue weighted by molar-refractivity contribution is 0.117. The summed E-state index contributed by atoms with van der Waals surface area (Å²) in [7, 11) is 0. The molecule has 0 spiro atoms. The van der Waals surface area contributed by atoms with Crippen LogP contribution in [0, 0.1) is 0 Å². The maximum Gasteiger partial charge on any atom is 0.0727 e. The van der Waals surface area contributed by atoms with Crippen molar-refractivity contribution in [2.45, 2.75) is 25.9 Å². The highest BCUT2D eigenvalue weighted by molar-refractivity contribution is 7.80. The van der Waals surface area contributed by atoms with E-state index in [0.29, 0.717) is 11.6 Å². The molecule has 82 valence electrons. The van der Waals surface area contributed by atoms with Gasteiger partial charge in [-0.25, -0.2) is 0 Å². The molecular weight excluding hydrogens is 206 g/mol. The van der Waals surface area contributed by atoms with E-state index < -0.39 is 0 Å². The molecule has 0 bridgehead atoms. The van der Waals surface area contributed by atoms with Crippen molar-refractivity contribution in [3.05, 3.63) is 35.9 Å². The Morgan fingerprint density at radius 1 is 1.20 bits per heavy atom. The summed E-state index contributed by atoms with van der Waals surface area (Å²) in [6.45, 7) is 1.46. The lowest BCUT2D eigenvalue weighted by Gasteiger charge is -2.03. The highest BCUT2D eigenvalue weighted by atomic mass is 32.1. The van der Waals surface area contributed by atoms with Gasteiger partial charge in [-0.2, -0.15) is 0 Å². The third-order valence-corrected chi connectivity index (χ3v) is 2.28. The van der Waals surface area contributed by atoms with E-state index in [1.165, 1.54) is 5.56 Å². The van der Waals surface area contributed by atoms with Crippen molar-refractivity contribution in [2.24, 2.45) is 5.73 Å². The van der Waals surface area contributed by atoms with Gasteiger partial charge in [-0.05, 0) is 24.8 Å². The van der Waals surface area contributed by atoms with Crippen LogP contribution in [0.3, 0.4) is 0 Å². The molecule has 0 saturated heterocycles. The smallest absolute Gasteiger partial charge is 0.0727 e. The molecule has 1 aromatic carbocycles. The van der Waals surface area contributed by atoms with Gasteiger partial charge in [-0.15, -0.1) is 0 Å².